The van der Waals surface area contributed by atoms with E-state index in [0.717, 1.165) is 22.5 Å². The molecule has 1 aliphatic heterocycles. The molecule has 1 saturated heterocycles. The molecule has 0 spiro atoms. The molecule has 0 atom stereocenters. The van der Waals surface area contributed by atoms with Crippen LogP contribution in [0.3, 0.4) is 0 Å². The maximum atomic E-state index is 12.5. The van der Waals surface area contributed by atoms with Gasteiger partial charge in [-0.3, -0.25) is 9.59 Å². The second kappa shape index (κ2) is 7.77. The second-order valence-electron chi connectivity index (χ2n) is 7.20. The molecule has 0 radical (unpaired) electrons. The van der Waals surface area contributed by atoms with Gasteiger partial charge in [0.1, 0.15) is 0 Å². The van der Waals surface area contributed by atoms with Gasteiger partial charge in [-0.2, -0.15) is 0 Å². The minimum atomic E-state index is 0.137. The molecule has 1 aromatic heterocycles. The standard InChI is InChI=1S/C21H27N3O2/c1-15-4-6-18(7-5-15)13-20(25)23-8-10-24(11-9-23)21(26)14-19-12-16(2)22-17(19)3/h4-7,12,22H,8-11,13-14H2,1-3H3. The van der Waals surface area contributed by atoms with Crippen LogP contribution in [0.15, 0.2) is 30.3 Å². The van der Waals surface area contributed by atoms with Crippen molar-refractivity contribution in [2.24, 2.45) is 0 Å². The van der Waals surface area contributed by atoms with Crippen molar-refractivity contribution in [2.45, 2.75) is 33.6 Å². The molecule has 0 aliphatic carbocycles. The number of nitrogens with one attached hydrogen (secondary N) is 1. The van der Waals surface area contributed by atoms with E-state index < -0.39 is 0 Å². The van der Waals surface area contributed by atoms with E-state index in [4.69, 9.17) is 0 Å². The third kappa shape index (κ3) is 4.34. The van der Waals surface area contributed by atoms with Crippen molar-refractivity contribution in [3.63, 3.8) is 0 Å². The zero-order valence-electron chi connectivity index (χ0n) is 15.8. The Balaban J connectivity index is 1.50. The maximum Gasteiger partial charge on any atom is 0.227 e. The van der Waals surface area contributed by atoms with Gasteiger partial charge in [0, 0.05) is 37.6 Å². The summed E-state index contributed by atoms with van der Waals surface area (Å²) >= 11 is 0. The van der Waals surface area contributed by atoms with Crippen LogP contribution < -0.4 is 0 Å². The van der Waals surface area contributed by atoms with Crippen molar-refractivity contribution >= 4 is 11.8 Å². The molecule has 2 aromatic rings. The average Bonchev–Trinajstić information content (AvgIpc) is 2.94. The third-order valence-electron chi connectivity index (χ3n) is 5.06. The number of hydrogen-bond donors (Lipinski definition) is 1. The lowest BCUT2D eigenvalue weighted by Crippen LogP contribution is -2.51. The number of benzene rings is 1. The number of aryl methyl sites for hydroxylation is 3. The summed E-state index contributed by atoms with van der Waals surface area (Å²) < 4.78 is 0. The Morgan fingerprint density at radius 1 is 0.885 bits per heavy atom. The lowest BCUT2D eigenvalue weighted by Gasteiger charge is -2.35. The zero-order valence-corrected chi connectivity index (χ0v) is 15.8. The Morgan fingerprint density at radius 3 is 1.92 bits per heavy atom. The Morgan fingerprint density at radius 2 is 1.42 bits per heavy atom. The first-order valence-electron chi connectivity index (χ1n) is 9.18. The summed E-state index contributed by atoms with van der Waals surface area (Å²) in [6.07, 6.45) is 0.851. The Bertz CT molecular complexity index is 784. The van der Waals surface area contributed by atoms with Crippen LogP contribution in [0.25, 0.3) is 0 Å². The number of carbonyl (C=O) groups excluding carboxylic acids is 2. The van der Waals surface area contributed by atoms with Crippen LogP contribution in [0.4, 0.5) is 0 Å². The third-order valence-corrected chi connectivity index (χ3v) is 5.06. The van der Waals surface area contributed by atoms with Gasteiger partial charge in [0.25, 0.3) is 0 Å². The first-order valence-corrected chi connectivity index (χ1v) is 9.18. The van der Waals surface area contributed by atoms with Crippen LogP contribution in [0.2, 0.25) is 0 Å². The Hall–Kier alpha value is -2.56. The van der Waals surface area contributed by atoms with Gasteiger partial charge in [-0.05, 0) is 38.0 Å². The summed E-state index contributed by atoms with van der Waals surface area (Å²) in [6, 6.07) is 10.1. The first-order chi connectivity index (χ1) is 12.4. The van der Waals surface area contributed by atoms with Gasteiger partial charge >= 0.3 is 0 Å². The van der Waals surface area contributed by atoms with Crippen molar-refractivity contribution < 1.29 is 9.59 Å². The summed E-state index contributed by atoms with van der Waals surface area (Å²) in [5, 5.41) is 0. The summed E-state index contributed by atoms with van der Waals surface area (Å²) in [5.41, 5.74) is 5.43. The van der Waals surface area contributed by atoms with E-state index in [1.807, 2.05) is 60.9 Å². The van der Waals surface area contributed by atoms with E-state index in [0.29, 0.717) is 39.0 Å². The molecule has 1 fully saturated rings. The number of amides is 2. The van der Waals surface area contributed by atoms with Crippen molar-refractivity contribution in [3.8, 4) is 0 Å². The van der Waals surface area contributed by atoms with Crippen molar-refractivity contribution in [1.29, 1.82) is 0 Å². The number of aromatic nitrogens is 1. The molecule has 138 valence electrons. The molecule has 0 saturated carbocycles. The molecule has 1 aromatic carbocycles. The average molecular weight is 353 g/mol. The van der Waals surface area contributed by atoms with Crippen molar-refractivity contribution in [2.75, 3.05) is 26.2 Å². The Labute approximate surface area is 155 Å². The predicted octanol–water partition coefficient (Wildman–Crippen LogP) is 2.40. The molecule has 1 N–H and O–H groups in total. The fourth-order valence-corrected chi connectivity index (χ4v) is 3.44. The van der Waals surface area contributed by atoms with Crippen LogP contribution in [-0.4, -0.2) is 52.8 Å². The molecular weight excluding hydrogens is 326 g/mol. The molecule has 3 rings (SSSR count). The smallest absolute Gasteiger partial charge is 0.227 e. The normalized spacial score (nSPS) is 14.6. The lowest BCUT2D eigenvalue weighted by atomic mass is 10.1. The molecule has 1 aliphatic rings. The maximum absolute atomic E-state index is 12.5. The van der Waals surface area contributed by atoms with Gasteiger partial charge in [-0.15, -0.1) is 0 Å². The summed E-state index contributed by atoms with van der Waals surface area (Å²) in [6.45, 7) is 8.49. The van der Waals surface area contributed by atoms with E-state index in [1.54, 1.807) is 0 Å². The summed E-state index contributed by atoms with van der Waals surface area (Å²) in [4.78, 5) is 32.0. The van der Waals surface area contributed by atoms with Gasteiger partial charge in [-0.25, -0.2) is 0 Å². The van der Waals surface area contributed by atoms with Gasteiger partial charge in [-0.1, -0.05) is 29.8 Å². The van der Waals surface area contributed by atoms with Gasteiger partial charge < -0.3 is 14.8 Å². The number of carbonyl (C=O) groups is 2. The fourth-order valence-electron chi connectivity index (χ4n) is 3.44. The first kappa shape index (κ1) is 18.2. The Kier molecular flexibility index (Phi) is 5.45. The van der Waals surface area contributed by atoms with Gasteiger partial charge in [0.2, 0.25) is 11.8 Å². The highest BCUT2D eigenvalue weighted by Crippen LogP contribution is 2.13. The largest absolute Gasteiger partial charge is 0.362 e. The molecule has 0 unspecified atom stereocenters. The number of piperazine rings is 1. The molecule has 5 nitrogen and oxygen atoms in total. The minimum Gasteiger partial charge on any atom is -0.362 e. The number of aromatic amines is 1. The SMILES string of the molecule is Cc1ccc(CC(=O)N2CCN(C(=O)Cc3cc(C)[nH]c3C)CC2)cc1. The summed E-state index contributed by atoms with van der Waals surface area (Å²) in [7, 11) is 0. The fraction of sp³-hybridized carbons (Fsp3) is 0.429. The molecular formula is C21H27N3O2. The van der Waals surface area contributed by atoms with E-state index in [1.165, 1.54) is 5.56 Å². The zero-order chi connectivity index (χ0) is 18.7. The highest BCUT2D eigenvalue weighted by Gasteiger charge is 2.24. The van der Waals surface area contributed by atoms with E-state index in [-0.39, 0.29) is 11.8 Å². The van der Waals surface area contributed by atoms with Gasteiger partial charge in [0.05, 0.1) is 12.8 Å². The second-order valence-corrected chi connectivity index (χ2v) is 7.20. The van der Waals surface area contributed by atoms with Crippen LogP contribution >= 0.6 is 0 Å². The van der Waals surface area contributed by atoms with E-state index in [9.17, 15) is 9.59 Å². The predicted molar refractivity (Wildman–Crippen MR) is 102 cm³/mol. The lowest BCUT2D eigenvalue weighted by molar-refractivity contribution is -0.138. The topological polar surface area (TPSA) is 56.4 Å². The summed E-state index contributed by atoms with van der Waals surface area (Å²) in [5.74, 6) is 0.274. The van der Waals surface area contributed by atoms with E-state index in [2.05, 4.69) is 4.98 Å². The molecule has 5 heteroatoms. The van der Waals surface area contributed by atoms with Crippen LogP contribution in [0.1, 0.15) is 28.1 Å². The monoisotopic (exact) mass is 353 g/mol. The van der Waals surface area contributed by atoms with Crippen LogP contribution in [0, 0.1) is 20.8 Å². The van der Waals surface area contributed by atoms with Gasteiger partial charge in [0.15, 0.2) is 0 Å². The molecule has 0 bridgehead atoms. The van der Waals surface area contributed by atoms with Crippen LogP contribution in [-0.2, 0) is 22.4 Å². The number of rotatable bonds is 4. The molecule has 2 heterocycles. The highest BCUT2D eigenvalue weighted by molar-refractivity contribution is 5.81. The minimum absolute atomic E-state index is 0.137. The molecule has 26 heavy (non-hydrogen) atoms. The highest BCUT2D eigenvalue weighted by atomic mass is 16.2. The number of nitrogens with zero attached hydrogens (tertiary/aromatic N) is 2. The van der Waals surface area contributed by atoms with E-state index >= 15 is 0 Å². The van der Waals surface area contributed by atoms with Crippen LogP contribution in [0.5, 0.6) is 0 Å². The quantitative estimate of drug-likeness (QED) is 0.918. The number of hydrogen-bond acceptors (Lipinski definition) is 2. The molecule has 2 amide bonds. The number of H-pyrrole nitrogens is 1. The van der Waals surface area contributed by atoms with Crippen molar-refractivity contribution in [3.05, 3.63) is 58.4 Å². The van der Waals surface area contributed by atoms with Crippen molar-refractivity contribution in [1.82, 2.24) is 14.8 Å².